The maximum absolute atomic E-state index is 5.14. The van der Waals surface area contributed by atoms with Crippen LogP contribution < -0.4 is 0 Å². The van der Waals surface area contributed by atoms with E-state index in [0.717, 1.165) is 6.61 Å². The molecule has 1 aliphatic carbocycles. The van der Waals surface area contributed by atoms with Gasteiger partial charge in [0.15, 0.2) is 0 Å². The van der Waals surface area contributed by atoms with Crippen LogP contribution in [0.25, 0.3) is 0 Å². The van der Waals surface area contributed by atoms with Gasteiger partial charge in [0.05, 0.1) is 12.7 Å². The largest absolute Gasteiger partial charge is 0.373 e. The minimum absolute atomic E-state index is 0.639. The Kier molecular flexibility index (Phi) is 0.487. The van der Waals surface area contributed by atoms with Crippen molar-refractivity contribution in [3.8, 4) is 0 Å². The fraction of sp³-hybridized carbons (Fsp3) is 1.00. The molecule has 1 saturated heterocycles. The van der Waals surface area contributed by atoms with Crippen LogP contribution in [0.15, 0.2) is 0 Å². The van der Waals surface area contributed by atoms with E-state index in [9.17, 15) is 0 Å². The Hall–Kier alpha value is -0.0400. The maximum Gasteiger partial charge on any atom is 0.0863 e. The van der Waals surface area contributed by atoms with Crippen LogP contribution in [-0.2, 0) is 4.74 Å². The molecule has 0 aromatic carbocycles. The van der Waals surface area contributed by atoms with Gasteiger partial charge in [-0.15, -0.1) is 0 Å². The molecule has 2 aliphatic rings. The Bertz CT molecular complexity index is 90.4. The highest BCUT2D eigenvalue weighted by Crippen LogP contribution is 2.53. The minimum atomic E-state index is 0.639. The zero-order valence-corrected chi connectivity index (χ0v) is 4.61. The molecule has 7 heavy (non-hydrogen) atoms. The van der Waals surface area contributed by atoms with Crippen LogP contribution in [0.4, 0.5) is 0 Å². The summed E-state index contributed by atoms with van der Waals surface area (Å²) in [6.07, 6.45) is 3.46. The zero-order chi connectivity index (χ0) is 4.91. The first-order valence-corrected chi connectivity index (χ1v) is 2.93. The Balaban J connectivity index is 2.04. The standard InChI is InChI=1S/C6H10O/c1-6(2-3-6)5-4-7-5/h5H,2-4H2,1H3. The third kappa shape index (κ3) is 0.480. The first-order chi connectivity index (χ1) is 3.31. The van der Waals surface area contributed by atoms with E-state index < -0.39 is 0 Å². The van der Waals surface area contributed by atoms with E-state index in [0.29, 0.717) is 11.5 Å². The highest BCUT2D eigenvalue weighted by Gasteiger charge is 2.51. The molecule has 1 nitrogen and oxygen atoms in total. The van der Waals surface area contributed by atoms with Gasteiger partial charge in [-0.05, 0) is 18.3 Å². The van der Waals surface area contributed by atoms with E-state index in [1.165, 1.54) is 12.8 Å². The number of hydrogen-bond acceptors (Lipinski definition) is 1. The summed E-state index contributed by atoms with van der Waals surface area (Å²) in [6.45, 7) is 3.35. The van der Waals surface area contributed by atoms with Crippen molar-refractivity contribution in [3.05, 3.63) is 0 Å². The quantitative estimate of drug-likeness (QED) is 0.449. The molecule has 0 bridgehead atoms. The third-order valence-electron chi connectivity index (χ3n) is 2.15. The Morgan fingerprint density at radius 2 is 2.14 bits per heavy atom. The van der Waals surface area contributed by atoms with Gasteiger partial charge in [-0.25, -0.2) is 0 Å². The summed E-state index contributed by atoms with van der Waals surface area (Å²) >= 11 is 0. The topological polar surface area (TPSA) is 12.5 Å². The van der Waals surface area contributed by atoms with Crippen LogP contribution in [0.2, 0.25) is 0 Å². The summed E-state index contributed by atoms with van der Waals surface area (Å²) in [5, 5.41) is 0. The molecule has 40 valence electrons. The van der Waals surface area contributed by atoms with Crippen LogP contribution in [-0.4, -0.2) is 12.7 Å². The number of hydrogen-bond donors (Lipinski definition) is 0. The molecule has 2 rings (SSSR count). The van der Waals surface area contributed by atoms with Crippen molar-refractivity contribution in [1.82, 2.24) is 0 Å². The van der Waals surface area contributed by atoms with Crippen molar-refractivity contribution in [2.24, 2.45) is 5.41 Å². The fourth-order valence-corrected chi connectivity index (χ4v) is 0.970. The maximum atomic E-state index is 5.14. The summed E-state index contributed by atoms with van der Waals surface area (Å²) in [6, 6.07) is 0. The lowest BCUT2D eigenvalue weighted by Gasteiger charge is -1.97. The molecule has 2 fully saturated rings. The van der Waals surface area contributed by atoms with Gasteiger partial charge in [0, 0.05) is 0 Å². The molecule has 1 atom stereocenters. The van der Waals surface area contributed by atoms with Crippen LogP contribution >= 0.6 is 0 Å². The second-order valence-electron chi connectivity index (χ2n) is 2.98. The SMILES string of the molecule is CC1(C2CO2)CC1. The third-order valence-corrected chi connectivity index (χ3v) is 2.15. The van der Waals surface area contributed by atoms with Gasteiger partial charge in [-0.2, -0.15) is 0 Å². The smallest absolute Gasteiger partial charge is 0.0863 e. The lowest BCUT2D eigenvalue weighted by Crippen LogP contribution is -2.01. The molecule has 0 aromatic rings. The van der Waals surface area contributed by atoms with Gasteiger partial charge in [-0.3, -0.25) is 0 Å². The molecule has 1 saturated carbocycles. The molecule has 0 spiro atoms. The van der Waals surface area contributed by atoms with Gasteiger partial charge in [0.2, 0.25) is 0 Å². The second-order valence-corrected chi connectivity index (χ2v) is 2.98. The van der Waals surface area contributed by atoms with Gasteiger partial charge in [0.25, 0.3) is 0 Å². The first-order valence-electron chi connectivity index (χ1n) is 2.93. The molecule has 1 heteroatoms. The minimum Gasteiger partial charge on any atom is -0.373 e. The van der Waals surface area contributed by atoms with Gasteiger partial charge >= 0.3 is 0 Å². The van der Waals surface area contributed by atoms with Crippen molar-refractivity contribution in [1.29, 1.82) is 0 Å². The molecule has 0 aromatic heterocycles. The number of ether oxygens (including phenoxy) is 1. The highest BCUT2D eigenvalue weighted by atomic mass is 16.6. The normalized spacial score (nSPS) is 43.3. The van der Waals surface area contributed by atoms with Crippen molar-refractivity contribution in [2.45, 2.75) is 25.9 Å². The van der Waals surface area contributed by atoms with Crippen molar-refractivity contribution in [3.63, 3.8) is 0 Å². The Morgan fingerprint density at radius 3 is 2.29 bits per heavy atom. The van der Waals surface area contributed by atoms with Crippen LogP contribution in [0.1, 0.15) is 19.8 Å². The summed E-state index contributed by atoms with van der Waals surface area (Å²) in [7, 11) is 0. The Morgan fingerprint density at radius 1 is 1.57 bits per heavy atom. The number of epoxide rings is 1. The molecular formula is C6H10O. The molecule has 0 radical (unpaired) electrons. The molecule has 0 N–H and O–H groups in total. The number of rotatable bonds is 1. The average Bonchev–Trinajstić information content (AvgIpc) is 2.14. The second kappa shape index (κ2) is 0.873. The van der Waals surface area contributed by atoms with E-state index in [4.69, 9.17) is 4.74 Å². The summed E-state index contributed by atoms with van der Waals surface area (Å²) < 4.78 is 5.14. The predicted molar refractivity (Wildman–Crippen MR) is 27.1 cm³/mol. The molecule has 0 amide bonds. The van der Waals surface area contributed by atoms with Crippen molar-refractivity contribution in [2.75, 3.05) is 6.61 Å². The van der Waals surface area contributed by atoms with Crippen LogP contribution in [0, 0.1) is 5.41 Å². The van der Waals surface area contributed by atoms with E-state index >= 15 is 0 Å². The molecule has 1 aliphatic heterocycles. The fourth-order valence-electron chi connectivity index (χ4n) is 0.970. The monoisotopic (exact) mass is 98.1 g/mol. The van der Waals surface area contributed by atoms with E-state index in [1.807, 2.05) is 0 Å². The molecule has 1 heterocycles. The van der Waals surface area contributed by atoms with E-state index in [2.05, 4.69) is 6.92 Å². The van der Waals surface area contributed by atoms with E-state index in [-0.39, 0.29) is 0 Å². The summed E-state index contributed by atoms with van der Waals surface area (Å²) in [5.74, 6) is 0. The van der Waals surface area contributed by atoms with Gasteiger partial charge in [-0.1, -0.05) is 6.92 Å². The summed E-state index contributed by atoms with van der Waals surface area (Å²) in [4.78, 5) is 0. The van der Waals surface area contributed by atoms with Crippen molar-refractivity contribution < 1.29 is 4.74 Å². The molecular weight excluding hydrogens is 88.1 g/mol. The first kappa shape index (κ1) is 3.90. The predicted octanol–water partition coefficient (Wildman–Crippen LogP) is 1.19. The Labute approximate surface area is 43.7 Å². The molecule has 1 unspecified atom stereocenters. The lowest BCUT2D eigenvalue weighted by molar-refractivity contribution is 0.329. The lowest BCUT2D eigenvalue weighted by atomic mass is 10.1. The summed E-state index contributed by atoms with van der Waals surface area (Å²) in [5.41, 5.74) is 0.639. The highest BCUT2D eigenvalue weighted by molar-refractivity contribution is 5.00. The average molecular weight is 98.1 g/mol. The van der Waals surface area contributed by atoms with E-state index in [1.54, 1.807) is 0 Å². The van der Waals surface area contributed by atoms with Crippen LogP contribution in [0.3, 0.4) is 0 Å². The van der Waals surface area contributed by atoms with Gasteiger partial charge < -0.3 is 4.74 Å². The van der Waals surface area contributed by atoms with Gasteiger partial charge in [0.1, 0.15) is 0 Å². The van der Waals surface area contributed by atoms with Crippen molar-refractivity contribution >= 4 is 0 Å². The van der Waals surface area contributed by atoms with Crippen LogP contribution in [0.5, 0.6) is 0 Å². The zero-order valence-electron chi connectivity index (χ0n) is 4.61.